The maximum atomic E-state index is 3.81. The van der Waals surface area contributed by atoms with Crippen LogP contribution >= 0.6 is 0 Å². The molecule has 21 heavy (non-hydrogen) atoms. The minimum atomic E-state index is 0.681. The van der Waals surface area contributed by atoms with E-state index in [1.165, 1.54) is 62.5 Å². The third-order valence-electron chi connectivity index (χ3n) is 6.35. The van der Waals surface area contributed by atoms with Crippen molar-refractivity contribution >= 4 is 10.9 Å². The van der Waals surface area contributed by atoms with Crippen molar-refractivity contribution in [2.24, 2.45) is 11.8 Å². The lowest BCUT2D eigenvalue weighted by atomic mass is 9.69. The van der Waals surface area contributed by atoms with Crippen LogP contribution in [0, 0.1) is 11.8 Å². The van der Waals surface area contributed by atoms with Gasteiger partial charge in [0.2, 0.25) is 0 Å². The normalized spacial score (nSPS) is 32.5. The maximum absolute atomic E-state index is 3.81. The highest BCUT2D eigenvalue weighted by atomic mass is 15.2. The predicted molar refractivity (Wildman–Crippen MR) is 86.4 cm³/mol. The third-order valence-corrected chi connectivity index (χ3v) is 6.35. The Labute approximate surface area is 126 Å². The first kappa shape index (κ1) is 12.3. The van der Waals surface area contributed by atoms with Crippen LogP contribution in [0.25, 0.3) is 10.9 Å². The van der Waals surface area contributed by atoms with Crippen LogP contribution in [0.1, 0.15) is 49.4 Å². The summed E-state index contributed by atoms with van der Waals surface area (Å²) in [7, 11) is 0. The Kier molecular flexibility index (Phi) is 2.69. The number of hydrogen-bond acceptors (Lipinski definition) is 1. The summed E-state index contributed by atoms with van der Waals surface area (Å²) in [6.45, 7) is 2.59. The van der Waals surface area contributed by atoms with Crippen LogP contribution in [0.15, 0.2) is 24.3 Å². The minimum Gasteiger partial charge on any atom is -0.357 e. The molecule has 2 nitrogen and oxygen atoms in total. The smallest absolute Gasteiger partial charge is 0.0532 e. The molecule has 1 aromatic heterocycles. The molecule has 3 atom stereocenters. The molecule has 2 heteroatoms. The van der Waals surface area contributed by atoms with Gasteiger partial charge < -0.3 is 4.98 Å². The third kappa shape index (κ3) is 1.75. The molecule has 1 aromatic carbocycles. The van der Waals surface area contributed by atoms with Crippen molar-refractivity contribution in [1.29, 1.82) is 0 Å². The zero-order valence-electron chi connectivity index (χ0n) is 12.6. The Morgan fingerprint density at radius 3 is 2.90 bits per heavy atom. The van der Waals surface area contributed by atoms with E-state index in [9.17, 15) is 0 Å². The monoisotopic (exact) mass is 280 g/mol. The summed E-state index contributed by atoms with van der Waals surface area (Å²) < 4.78 is 0. The van der Waals surface area contributed by atoms with Crippen molar-refractivity contribution in [3.63, 3.8) is 0 Å². The van der Waals surface area contributed by atoms with Crippen LogP contribution in [-0.2, 0) is 6.42 Å². The molecule has 2 aromatic rings. The van der Waals surface area contributed by atoms with Gasteiger partial charge in [0.1, 0.15) is 0 Å². The van der Waals surface area contributed by atoms with E-state index in [0.29, 0.717) is 6.04 Å². The number of H-pyrrole nitrogens is 1. The van der Waals surface area contributed by atoms with E-state index in [2.05, 4.69) is 34.1 Å². The standard InChI is InChI=1S/C19H24N2/c1-2-6-14-13(5-1)9-11-21-12-10-16-15-7-3-4-8-17(15)20-18(16)19(14)21/h3-4,7-8,13-14,19-20H,1-2,5-6,9-12H2/t13-,14-,19-/m0/s1. The van der Waals surface area contributed by atoms with Gasteiger partial charge in [0, 0.05) is 23.1 Å². The minimum absolute atomic E-state index is 0.681. The summed E-state index contributed by atoms with van der Waals surface area (Å²) in [6, 6.07) is 9.58. The molecule has 110 valence electrons. The molecule has 1 saturated carbocycles. The van der Waals surface area contributed by atoms with E-state index >= 15 is 0 Å². The van der Waals surface area contributed by atoms with Gasteiger partial charge in [0.15, 0.2) is 0 Å². The van der Waals surface area contributed by atoms with Crippen LogP contribution in [0.3, 0.4) is 0 Å². The molecule has 1 N–H and O–H groups in total. The zero-order chi connectivity index (χ0) is 13.8. The van der Waals surface area contributed by atoms with Gasteiger partial charge in [0.25, 0.3) is 0 Å². The SMILES string of the molecule is c1ccc2c3c([nH]c2c1)[C@@H]1[C@H]2CCCC[C@H]2CCN1CC3. The van der Waals surface area contributed by atoms with E-state index in [1.807, 2.05) is 0 Å². The number of fused-ring (bicyclic) bond motifs is 7. The van der Waals surface area contributed by atoms with Crippen molar-refractivity contribution in [1.82, 2.24) is 9.88 Å². The molecular weight excluding hydrogens is 256 g/mol. The van der Waals surface area contributed by atoms with Gasteiger partial charge in [-0.2, -0.15) is 0 Å². The fraction of sp³-hybridized carbons (Fsp3) is 0.579. The number of aromatic amines is 1. The van der Waals surface area contributed by atoms with E-state index in [1.54, 1.807) is 11.3 Å². The average Bonchev–Trinajstić information content (AvgIpc) is 2.93. The molecule has 2 aliphatic heterocycles. The van der Waals surface area contributed by atoms with Crippen LogP contribution in [0.5, 0.6) is 0 Å². The highest BCUT2D eigenvalue weighted by Gasteiger charge is 2.43. The number of hydrogen-bond donors (Lipinski definition) is 1. The fourth-order valence-corrected chi connectivity index (χ4v) is 5.40. The Hall–Kier alpha value is -1.28. The van der Waals surface area contributed by atoms with Crippen molar-refractivity contribution in [2.45, 2.75) is 44.6 Å². The van der Waals surface area contributed by atoms with Gasteiger partial charge in [-0.15, -0.1) is 0 Å². The van der Waals surface area contributed by atoms with Gasteiger partial charge in [-0.05, 0) is 49.3 Å². The summed E-state index contributed by atoms with van der Waals surface area (Å²) in [6.07, 6.45) is 8.50. The molecule has 3 aliphatic rings. The second-order valence-electron chi connectivity index (χ2n) is 7.29. The summed E-state index contributed by atoms with van der Waals surface area (Å²) in [5.41, 5.74) is 4.54. The second-order valence-corrected chi connectivity index (χ2v) is 7.29. The zero-order valence-corrected chi connectivity index (χ0v) is 12.6. The van der Waals surface area contributed by atoms with Gasteiger partial charge in [-0.3, -0.25) is 4.90 Å². The number of nitrogens with one attached hydrogen (secondary N) is 1. The number of benzene rings is 1. The van der Waals surface area contributed by atoms with Gasteiger partial charge >= 0.3 is 0 Å². The van der Waals surface area contributed by atoms with Gasteiger partial charge in [-0.1, -0.05) is 37.5 Å². The predicted octanol–water partition coefficient (Wildman–Crippen LogP) is 4.28. The summed E-state index contributed by atoms with van der Waals surface area (Å²) in [5, 5.41) is 1.48. The number of piperidine rings is 1. The Morgan fingerprint density at radius 1 is 1.00 bits per heavy atom. The fourth-order valence-electron chi connectivity index (χ4n) is 5.40. The van der Waals surface area contributed by atoms with Crippen LogP contribution in [0.4, 0.5) is 0 Å². The molecule has 0 bridgehead atoms. The van der Waals surface area contributed by atoms with Crippen molar-refractivity contribution in [3.05, 3.63) is 35.5 Å². The highest BCUT2D eigenvalue weighted by molar-refractivity contribution is 5.85. The lowest BCUT2D eigenvalue weighted by molar-refractivity contribution is 0.0146. The topological polar surface area (TPSA) is 19.0 Å². The van der Waals surface area contributed by atoms with Crippen molar-refractivity contribution < 1.29 is 0 Å². The quantitative estimate of drug-likeness (QED) is 0.763. The summed E-state index contributed by atoms with van der Waals surface area (Å²) in [5.74, 6) is 1.89. The molecule has 0 spiro atoms. The summed E-state index contributed by atoms with van der Waals surface area (Å²) in [4.78, 5) is 6.59. The van der Waals surface area contributed by atoms with Crippen molar-refractivity contribution in [2.75, 3.05) is 13.1 Å². The highest BCUT2D eigenvalue weighted by Crippen LogP contribution is 2.49. The van der Waals surface area contributed by atoms with E-state index in [4.69, 9.17) is 0 Å². The number of para-hydroxylation sites is 1. The Morgan fingerprint density at radius 2 is 1.90 bits per heavy atom. The van der Waals surface area contributed by atoms with Crippen LogP contribution < -0.4 is 0 Å². The Balaban J connectivity index is 1.65. The molecule has 3 heterocycles. The molecule has 0 radical (unpaired) electrons. The van der Waals surface area contributed by atoms with E-state index in [-0.39, 0.29) is 0 Å². The lowest BCUT2D eigenvalue weighted by Gasteiger charge is -2.49. The average molecular weight is 280 g/mol. The first-order chi connectivity index (χ1) is 10.4. The first-order valence-corrected chi connectivity index (χ1v) is 8.75. The molecule has 0 unspecified atom stereocenters. The maximum Gasteiger partial charge on any atom is 0.0532 e. The molecular formula is C19H24N2. The molecule has 2 fully saturated rings. The van der Waals surface area contributed by atoms with Gasteiger partial charge in [0.05, 0.1) is 6.04 Å². The lowest BCUT2D eigenvalue weighted by Crippen LogP contribution is -2.47. The molecule has 1 saturated heterocycles. The van der Waals surface area contributed by atoms with Crippen LogP contribution in [0.2, 0.25) is 0 Å². The van der Waals surface area contributed by atoms with E-state index < -0.39 is 0 Å². The van der Waals surface area contributed by atoms with Gasteiger partial charge in [-0.25, -0.2) is 0 Å². The second kappa shape index (κ2) is 4.61. The Bertz CT molecular complexity index is 671. The summed E-state index contributed by atoms with van der Waals surface area (Å²) >= 11 is 0. The molecule has 0 amide bonds. The number of rotatable bonds is 0. The van der Waals surface area contributed by atoms with Crippen LogP contribution in [-0.4, -0.2) is 23.0 Å². The van der Waals surface area contributed by atoms with E-state index in [0.717, 1.165) is 11.8 Å². The molecule has 5 rings (SSSR count). The number of aromatic nitrogens is 1. The number of nitrogens with zero attached hydrogens (tertiary/aromatic N) is 1. The van der Waals surface area contributed by atoms with Crippen molar-refractivity contribution in [3.8, 4) is 0 Å². The first-order valence-electron chi connectivity index (χ1n) is 8.75. The molecule has 1 aliphatic carbocycles. The largest absolute Gasteiger partial charge is 0.357 e.